The van der Waals surface area contributed by atoms with Crippen LogP contribution in [0.3, 0.4) is 0 Å². The van der Waals surface area contributed by atoms with Crippen LogP contribution in [0.2, 0.25) is 5.02 Å². The standard InChI is InChI=1S/C27H27ClN2O7/c1-5-37-27(32)24-14(2)29-20-10-16(15-6-9-22(35-3)23(12-15)36-4)11-21(31)26(20)25(24)18-13-17(30(33)34)7-8-19(18)28/h6-9,12-13,16,25,29H,5,10-11H2,1-4H3/t16-,25-/m0/s1. The van der Waals surface area contributed by atoms with Crippen molar-refractivity contribution in [2.24, 2.45) is 0 Å². The summed E-state index contributed by atoms with van der Waals surface area (Å²) in [6.45, 7) is 3.54. The van der Waals surface area contributed by atoms with Gasteiger partial charge in [0.15, 0.2) is 17.3 Å². The summed E-state index contributed by atoms with van der Waals surface area (Å²) in [6.07, 6.45) is 0.654. The lowest BCUT2D eigenvalue weighted by Gasteiger charge is -2.37. The van der Waals surface area contributed by atoms with E-state index in [4.69, 9.17) is 25.8 Å². The number of carbonyl (C=O) groups excluding carboxylic acids is 2. The van der Waals surface area contributed by atoms with E-state index in [2.05, 4.69) is 5.32 Å². The van der Waals surface area contributed by atoms with Gasteiger partial charge >= 0.3 is 5.97 Å². The zero-order valence-corrected chi connectivity index (χ0v) is 21.7. The lowest BCUT2D eigenvalue weighted by atomic mass is 9.71. The van der Waals surface area contributed by atoms with Gasteiger partial charge in [0.05, 0.1) is 31.3 Å². The van der Waals surface area contributed by atoms with Gasteiger partial charge in [-0.3, -0.25) is 14.9 Å². The van der Waals surface area contributed by atoms with Crippen molar-refractivity contribution < 1.29 is 28.7 Å². The number of benzene rings is 2. The monoisotopic (exact) mass is 526 g/mol. The molecule has 1 heterocycles. The fourth-order valence-corrected chi connectivity index (χ4v) is 5.26. The largest absolute Gasteiger partial charge is 0.493 e. The summed E-state index contributed by atoms with van der Waals surface area (Å²) in [5.41, 5.74) is 2.76. The molecule has 0 spiro atoms. The van der Waals surface area contributed by atoms with Crippen LogP contribution in [0, 0.1) is 10.1 Å². The van der Waals surface area contributed by atoms with E-state index in [9.17, 15) is 19.7 Å². The minimum absolute atomic E-state index is 0.131. The molecule has 0 fully saturated rings. The van der Waals surface area contributed by atoms with Gasteiger partial charge in [-0.15, -0.1) is 0 Å². The Morgan fingerprint density at radius 3 is 2.51 bits per heavy atom. The number of non-ortho nitro benzene ring substituents is 1. The number of nitrogens with zero attached hydrogens (tertiary/aromatic N) is 1. The summed E-state index contributed by atoms with van der Waals surface area (Å²) in [7, 11) is 3.11. The topological polar surface area (TPSA) is 117 Å². The van der Waals surface area contributed by atoms with E-state index >= 15 is 0 Å². The molecule has 2 atom stereocenters. The fourth-order valence-electron chi connectivity index (χ4n) is 5.04. The molecule has 1 N–H and O–H groups in total. The predicted octanol–water partition coefficient (Wildman–Crippen LogP) is 5.19. The van der Waals surface area contributed by atoms with E-state index in [0.29, 0.717) is 40.5 Å². The quantitative estimate of drug-likeness (QED) is 0.297. The molecule has 0 saturated carbocycles. The maximum Gasteiger partial charge on any atom is 0.336 e. The molecule has 0 aromatic heterocycles. The summed E-state index contributed by atoms with van der Waals surface area (Å²) in [4.78, 5) is 37.8. The second-order valence-electron chi connectivity index (χ2n) is 8.82. The van der Waals surface area contributed by atoms with Crippen LogP contribution in [0.5, 0.6) is 11.5 Å². The molecular weight excluding hydrogens is 500 g/mol. The maximum atomic E-state index is 13.7. The number of esters is 1. The van der Waals surface area contributed by atoms with Gasteiger partial charge in [0.2, 0.25) is 0 Å². The number of nitrogens with one attached hydrogen (secondary N) is 1. The Morgan fingerprint density at radius 2 is 1.86 bits per heavy atom. The van der Waals surface area contributed by atoms with Crippen molar-refractivity contribution in [3.63, 3.8) is 0 Å². The third-order valence-electron chi connectivity index (χ3n) is 6.70. The van der Waals surface area contributed by atoms with E-state index in [-0.39, 0.29) is 41.0 Å². The van der Waals surface area contributed by atoms with Crippen LogP contribution >= 0.6 is 11.6 Å². The predicted molar refractivity (Wildman–Crippen MR) is 137 cm³/mol. The first-order chi connectivity index (χ1) is 17.7. The molecule has 194 valence electrons. The van der Waals surface area contributed by atoms with Gasteiger partial charge in [-0.05, 0) is 55.5 Å². The molecule has 1 aliphatic carbocycles. The van der Waals surface area contributed by atoms with Gasteiger partial charge in [0, 0.05) is 46.5 Å². The average Bonchev–Trinajstić information content (AvgIpc) is 2.87. The number of carbonyl (C=O) groups is 2. The molecule has 0 unspecified atom stereocenters. The number of nitro benzene ring substituents is 1. The highest BCUT2D eigenvalue weighted by Crippen LogP contribution is 2.48. The van der Waals surface area contributed by atoms with Crippen LogP contribution in [0.1, 0.15) is 49.7 Å². The summed E-state index contributed by atoms with van der Waals surface area (Å²) in [6, 6.07) is 9.57. The minimum Gasteiger partial charge on any atom is -0.493 e. The van der Waals surface area contributed by atoms with Crippen molar-refractivity contribution in [2.75, 3.05) is 20.8 Å². The summed E-state index contributed by atoms with van der Waals surface area (Å²) < 4.78 is 16.1. The van der Waals surface area contributed by atoms with Crippen molar-refractivity contribution in [3.8, 4) is 11.5 Å². The molecule has 0 amide bonds. The number of hydrogen-bond donors (Lipinski definition) is 1. The number of dihydropyridines is 1. The fraction of sp³-hybridized carbons (Fsp3) is 0.333. The molecule has 2 aliphatic rings. The van der Waals surface area contributed by atoms with Gasteiger partial charge in [0.1, 0.15) is 0 Å². The number of hydrogen-bond acceptors (Lipinski definition) is 8. The normalized spacial score (nSPS) is 19.2. The Morgan fingerprint density at radius 1 is 1.14 bits per heavy atom. The summed E-state index contributed by atoms with van der Waals surface area (Å²) in [5, 5.41) is 15.0. The lowest BCUT2D eigenvalue weighted by Crippen LogP contribution is -2.36. The van der Waals surface area contributed by atoms with Gasteiger partial charge in [-0.2, -0.15) is 0 Å². The number of ether oxygens (including phenoxy) is 3. The number of halogens is 1. The van der Waals surface area contributed by atoms with Gasteiger partial charge in [-0.1, -0.05) is 17.7 Å². The average molecular weight is 527 g/mol. The van der Waals surface area contributed by atoms with Gasteiger partial charge in [0.25, 0.3) is 5.69 Å². The molecule has 0 radical (unpaired) electrons. The molecule has 2 aromatic carbocycles. The van der Waals surface area contributed by atoms with Crippen molar-refractivity contribution in [2.45, 2.75) is 38.5 Å². The third-order valence-corrected chi connectivity index (χ3v) is 7.05. The van der Waals surface area contributed by atoms with Crippen LogP contribution in [0.4, 0.5) is 5.69 Å². The first-order valence-electron chi connectivity index (χ1n) is 11.8. The van der Waals surface area contributed by atoms with E-state index in [0.717, 1.165) is 5.56 Å². The second kappa shape index (κ2) is 10.6. The van der Waals surface area contributed by atoms with Crippen LogP contribution in [-0.2, 0) is 14.3 Å². The van der Waals surface area contributed by atoms with Crippen LogP contribution in [0.25, 0.3) is 0 Å². The second-order valence-corrected chi connectivity index (χ2v) is 9.22. The Kier molecular flexibility index (Phi) is 7.54. The zero-order chi connectivity index (χ0) is 26.9. The highest BCUT2D eigenvalue weighted by molar-refractivity contribution is 6.31. The number of allylic oxidation sites excluding steroid dienone is 3. The number of nitro groups is 1. The molecule has 1 aliphatic heterocycles. The number of Topliss-reactive ketones (excluding diaryl/α,β-unsaturated/α-hetero) is 1. The molecule has 4 rings (SSSR count). The number of ketones is 1. The molecule has 2 aromatic rings. The molecular formula is C27H27ClN2O7. The van der Waals surface area contributed by atoms with Crippen LogP contribution in [0.15, 0.2) is 58.9 Å². The first-order valence-corrected chi connectivity index (χ1v) is 12.1. The SMILES string of the molecule is CCOC(=O)C1=C(C)NC2=C(C(=O)C[C@@H](c3ccc(OC)c(OC)c3)C2)[C@H]1c1cc([N+](=O)[O-])ccc1Cl. The van der Waals surface area contributed by atoms with E-state index in [1.807, 2.05) is 12.1 Å². The van der Waals surface area contributed by atoms with Gasteiger partial charge in [-0.25, -0.2) is 4.79 Å². The molecule has 37 heavy (non-hydrogen) atoms. The van der Waals surface area contributed by atoms with Gasteiger partial charge < -0.3 is 19.5 Å². The third kappa shape index (κ3) is 4.91. The van der Waals surface area contributed by atoms with Crippen LogP contribution < -0.4 is 14.8 Å². The van der Waals surface area contributed by atoms with E-state index in [1.165, 1.54) is 18.2 Å². The Labute approximate surface area is 219 Å². The smallest absolute Gasteiger partial charge is 0.336 e. The maximum absolute atomic E-state index is 13.7. The van der Waals surface area contributed by atoms with Crippen molar-refractivity contribution >= 4 is 29.0 Å². The van der Waals surface area contributed by atoms with Crippen molar-refractivity contribution in [3.05, 3.63) is 85.2 Å². The lowest BCUT2D eigenvalue weighted by molar-refractivity contribution is -0.384. The number of rotatable bonds is 7. The number of methoxy groups -OCH3 is 2. The Bertz CT molecular complexity index is 1350. The van der Waals surface area contributed by atoms with Crippen LogP contribution in [-0.4, -0.2) is 37.5 Å². The van der Waals surface area contributed by atoms with E-state index in [1.54, 1.807) is 34.1 Å². The molecule has 10 heteroatoms. The minimum atomic E-state index is -0.901. The summed E-state index contributed by atoms with van der Waals surface area (Å²) >= 11 is 6.52. The zero-order valence-electron chi connectivity index (χ0n) is 20.9. The molecule has 0 saturated heterocycles. The Balaban J connectivity index is 1.84. The van der Waals surface area contributed by atoms with Crippen molar-refractivity contribution in [1.29, 1.82) is 0 Å². The van der Waals surface area contributed by atoms with Crippen molar-refractivity contribution in [1.82, 2.24) is 5.32 Å². The molecule has 9 nitrogen and oxygen atoms in total. The Hall–Kier alpha value is -3.85. The highest BCUT2D eigenvalue weighted by atomic mass is 35.5. The highest BCUT2D eigenvalue weighted by Gasteiger charge is 2.42. The molecule has 0 bridgehead atoms. The summed E-state index contributed by atoms with van der Waals surface area (Å²) in [5.74, 6) is -0.705. The van der Waals surface area contributed by atoms with E-state index < -0.39 is 16.8 Å². The first kappa shape index (κ1) is 26.2.